The number of hydrogen-bond acceptors (Lipinski definition) is 4. The standard InChI is InChI=1S/C15H29N3O2/c1-17-8-6-14(7-9-17)18(10-11-19)15(20)12-16-13-4-2-3-5-13/h13-14,16,19H,2-12H2,1H3. The molecule has 20 heavy (non-hydrogen) atoms. The number of likely N-dealkylation sites (tertiary alicyclic amines) is 1. The molecule has 5 nitrogen and oxygen atoms in total. The maximum Gasteiger partial charge on any atom is 0.236 e. The highest BCUT2D eigenvalue weighted by Crippen LogP contribution is 2.18. The largest absolute Gasteiger partial charge is 0.395 e. The Balaban J connectivity index is 1.81. The van der Waals surface area contributed by atoms with Gasteiger partial charge >= 0.3 is 0 Å². The quantitative estimate of drug-likeness (QED) is 0.742. The normalized spacial score (nSPS) is 22.3. The predicted octanol–water partition coefficient (Wildman–Crippen LogP) is 0.434. The van der Waals surface area contributed by atoms with Crippen molar-refractivity contribution >= 4 is 5.91 Å². The van der Waals surface area contributed by atoms with E-state index >= 15 is 0 Å². The minimum Gasteiger partial charge on any atom is -0.395 e. The zero-order valence-corrected chi connectivity index (χ0v) is 12.7. The third-order valence-corrected chi connectivity index (χ3v) is 4.69. The van der Waals surface area contributed by atoms with Gasteiger partial charge in [-0.1, -0.05) is 12.8 Å². The molecule has 1 aliphatic carbocycles. The van der Waals surface area contributed by atoms with Gasteiger partial charge in [0.25, 0.3) is 0 Å². The molecule has 1 saturated carbocycles. The van der Waals surface area contributed by atoms with Crippen molar-refractivity contribution in [3.8, 4) is 0 Å². The average molecular weight is 283 g/mol. The highest BCUT2D eigenvalue weighted by molar-refractivity contribution is 5.78. The molecule has 1 saturated heterocycles. The molecule has 0 atom stereocenters. The van der Waals surface area contributed by atoms with E-state index in [4.69, 9.17) is 0 Å². The van der Waals surface area contributed by atoms with Crippen LogP contribution in [0.5, 0.6) is 0 Å². The molecule has 1 amide bonds. The Bertz CT molecular complexity index is 297. The van der Waals surface area contributed by atoms with Crippen LogP contribution in [0, 0.1) is 0 Å². The van der Waals surface area contributed by atoms with Crippen LogP contribution in [0.2, 0.25) is 0 Å². The van der Waals surface area contributed by atoms with Gasteiger partial charge in [-0.15, -0.1) is 0 Å². The van der Waals surface area contributed by atoms with Crippen molar-refractivity contribution < 1.29 is 9.90 Å². The van der Waals surface area contributed by atoms with Crippen molar-refractivity contribution in [1.29, 1.82) is 0 Å². The van der Waals surface area contributed by atoms with Crippen LogP contribution in [0.1, 0.15) is 38.5 Å². The molecule has 5 heteroatoms. The molecule has 0 aromatic rings. The van der Waals surface area contributed by atoms with Crippen molar-refractivity contribution in [3.63, 3.8) is 0 Å². The summed E-state index contributed by atoms with van der Waals surface area (Å²) in [4.78, 5) is 16.6. The van der Waals surface area contributed by atoms with Crippen molar-refractivity contribution in [1.82, 2.24) is 15.1 Å². The first-order chi connectivity index (χ1) is 9.70. The Labute approximate surface area is 122 Å². The SMILES string of the molecule is CN1CCC(N(CCO)C(=O)CNC2CCCC2)CC1. The van der Waals surface area contributed by atoms with Gasteiger partial charge in [-0.2, -0.15) is 0 Å². The molecule has 2 rings (SSSR count). The lowest BCUT2D eigenvalue weighted by Gasteiger charge is -2.37. The molecule has 116 valence electrons. The number of aliphatic hydroxyl groups is 1. The van der Waals surface area contributed by atoms with E-state index in [1.165, 1.54) is 25.7 Å². The molecule has 0 radical (unpaired) electrons. The molecule has 2 fully saturated rings. The molecule has 0 bridgehead atoms. The fraction of sp³-hybridized carbons (Fsp3) is 0.933. The van der Waals surface area contributed by atoms with E-state index in [0.29, 0.717) is 25.2 Å². The molecule has 1 aliphatic heterocycles. The van der Waals surface area contributed by atoms with Crippen molar-refractivity contribution in [2.45, 2.75) is 50.6 Å². The lowest BCUT2D eigenvalue weighted by Crippen LogP contribution is -2.50. The van der Waals surface area contributed by atoms with Gasteiger partial charge < -0.3 is 20.2 Å². The second-order valence-electron chi connectivity index (χ2n) is 6.21. The Hall–Kier alpha value is -0.650. The maximum absolute atomic E-state index is 12.4. The molecule has 0 unspecified atom stereocenters. The van der Waals surface area contributed by atoms with Crippen molar-refractivity contribution in [3.05, 3.63) is 0 Å². The van der Waals surface area contributed by atoms with E-state index in [-0.39, 0.29) is 12.5 Å². The van der Waals surface area contributed by atoms with Crippen LogP contribution >= 0.6 is 0 Å². The molecule has 0 aromatic heterocycles. The van der Waals surface area contributed by atoms with Crippen LogP contribution in [0.4, 0.5) is 0 Å². The van der Waals surface area contributed by atoms with E-state index in [1.54, 1.807) is 0 Å². The van der Waals surface area contributed by atoms with Crippen LogP contribution < -0.4 is 5.32 Å². The Kier molecular flexibility index (Phi) is 6.26. The van der Waals surface area contributed by atoms with Gasteiger partial charge in [0.2, 0.25) is 5.91 Å². The lowest BCUT2D eigenvalue weighted by molar-refractivity contribution is -0.134. The van der Waals surface area contributed by atoms with Gasteiger partial charge in [0.15, 0.2) is 0 Å². The second kappa shape index (κ2) is 7.96. The van der Waals surface area contributed by atoms with Crippen LogP contribution in [0.3, 0.4) is 0 Å². The zero-order chi connectivity index (χ0) is 14.4. The van der Waals surface area contributed by atoms with Gasteiger partial charge in [0.05, 0.1) is 13.2 Å². The van der Waals surface area contributed by atoms with Crippen molar-refractivity contribution in [2.24, 2.45) is 0 Å². The molecule has 0 spiro atoms. The minimum absolute atomic E-state index is 0.0571. The number of amides is 1. The van der Waals surface area contributed by atoms with Crippen molar-refractivity contribution in [2.75, 3.05) is 39.8 Å². The minimum atomic E-state index is 0.0571. The number of rotatable bonds is 6. The summed E-state index contributed by atoms with van der Waals surface area (Å²) < 4.78 is 0. The van der Waals surface area contributed by atoms with E-state index in [1.807, 2.05) is 4.90 Å². The summed E-state index contributed by atoms with van der Waals surface area (Å²) in [6, 6.07) is 0.823. The molecule has 2 aliphatic rings. The monoisotopic (exact) mass is 283 g/mol. The number of aliphatic hydroxyl groups excluding tert-OH is 1. The third-order valence-electron chi connectivity index (χ3n) is 4.69. The van der Waals surface area contributed by atoms with Gasteiger partial charge in [-0.25, -0.2) is 0 Å². The number of carbonyl (C=O) groups is 1. The number of nitrogens with one attached hydrogen (secondary N) is 1. The fourth-order valence-corrected chi connectivity index (χ4v) is 3.39. The highest BCUT2D eigenvalue weighted by Gasteiger charge is 2.27. The Morgan fingerprint density at radius 2 is 1.90 bits per heavy atom. The van der Waals surface area contributed by atoms with Crippen LogP contribution in [0.15, 0.2) is 0 Å². The van der Waals surface area contributed by atoms with E-state index in [9.17, 15) is 9.90 Å². The molecule has 1 heterocycles. The smallest absolute Gasteiger partial charge is 0.236 e. The van der Waals surface area contributed by atoms with Gasteiger partial charge in [-0.05, 0) is 45.8 Å². The number of hydrogen-bond donors (Lipinski definition) is 2. The molecule has 2 N–H and O–H groups in total. The Morgan fingerprint density at radius 1 is 1.25 bits per heavy atom. The topological polar surface area (TPSA) is 55.8 Å². The van der Waals surface area contributed by atoms with Crippen LogP contribution in [-0.4, -0.2) is 72.7 Å². The van der Waals surface area contributed by atoms with E-state index in [2.05, 4.69) is 17.3 Å². The number of piperidine rings is 1. The molecular formula is C15H29N3O2. The summed E-state index contributed by atoms with van der Waals surface area (Å²) in [5.41, 5.74) is 0. The third kappa shape index (κ3) is 4.43. The second-order valence-corrected chi connectivity index (χ2v) is 6.21. The summed E-state index contributed by atoms with van der Waals surface area (Å²) in [5, 5.41) is 12.6. The van der Waals surface area contributed by atoms with E-state index in [0.717, 1.165) is 25.9 Å². The van der Waals surface area contributed by atoms with Gasteiger partial charge in [-0.3, -0.25) is 4.79 Å². The highest BCUT2D eigenvalue weighted by atomic mass is 16.3. The summed E-state index contributed by atoms with van der Waals surface area (Å²) >= 11 is 0. The lowest BCUT2D eigenvalue weighted by atomic mass is 10.0. The zero-order valence-electron chi connectivity index (χ0n) is 12.7. The molecule has 0 aromatic carbocycles. The summed E-state index contributed by atoms with van der Waals surface area (Å²) in [6.07, 6.45) is 6.99. The number of nitrogens with zero attached hydrogens (tertiary/aromatic N) is 2. The average Bonchev–Trinajstić information content (AvgIpc) is 2.97. The maximum atomic E-state index is 12.4. The van der Waals surface area contributed by atoms with Gasteiger partial charge in [0, 0.05) is 18.6 Å². The number of carbonyl (C=O) groups excluding carboxylic acids is 1. The fourth-order valence-electron chi connectivity index (χ4n) is 3.39. The first-order valence-corrected chi connectivity index (χ1v) is 8.03. The summed E-state index contributed by atoms with van der Waals surface area (Å²) in [6.45, 7) is 3.03. The molecular weight excluding hydrogens is 254 g/mol. The summed E-state index contributed by atoms with van der Waals surface area (Å²) in [7, 11) is 2.12. The van der Waals surface area contributed by atoms with E-state index < -0.39 is 0 Å². The Morgan fingerprint density at radius 3 is 2.50 bits per heavy atom. The van der Waals surface area contributed by atoms with Gasteiger partial charge in [0.1, 0.15) is 0 Å². The van der Waals surface area contributed by atoms with Crippen LogP contribution in [0.25, 0.3) is 0 Å². The first kappa shape index (κ1) is 15.7. The summed E-state index contributed by atoms with van der Waals surface area (Å²) in [5.74, 6) is 0.153. The predicted molar refractivity (Wildman–Crippen MR) is 79.6 cm³/mol. The first-order valence-electron chi connectivity index (χ1n) is 8.03. The van der Waals surface area contributed by atoms with Crippen LogP contribution in [-0.2, 0) is 4.79 Å².